The molecule has 2 rings (SSSR count). The zero-order valence-electron chi connectivity index (χ0n) is 13.1. The molecule has 0 aromatic carbocycles. The van der Waals surface area contributed by atoms with Crippen molar-refractivity contribution in [1.29, 1.82) is 0 Å². The van der Waals surface area contributed by atoms with E-state index in [0.29, 0.717) is 17.4 Å². The number of hydrogen-bond donors (Lipinski definition) is 1. The van der Waals surface area contributed by atoms with E-state index in [1.165, 1.54) is 12.0 Å². The van der Waals surface area contributed by atoms with Crippen LogP contribution in [0.3, 0.4) is 0 Å². The Labute approximate surface area is 124 Å². The van der Waals surface area contributed by atoms with Gasteiger partial charge >= 0.3 is 0 Å². The van der Waals surface area contributed by atoms with E-state index >= 15 is 0 Å². The molecule has 0 unspecified atom stereocenters. The number of furan rings is 1. The molecule has 2 heterocycles. The third-order valence-electron chi connectivity index (χ3n) is 3.51. The van der Waals surface area contributed by atoms with Crippen molar-refractivity contribution in [3.63, 3.8) is 0 Å². The second kappa shape index (κ2) is 5.99. The minimum absolute atomic E-state index is 0.268. The van der Waals surface area contributed by atoms with Crippen LogP contribution >= 0.6 is 0 Å². The van der Waals surface area contributed by atoms with Crippen LogP contribution in [-0.2, 0) is 0 Å². The van der Waals surface area contributed by atoms with Crippen LogP contribution in [0.5, 0.6) is 0 Å². The SMILES string of the molecule is Cc1occc1C(=O)N/N=C\c1cc(C)n(C(C)C)c1C. The molecule has 112 valence electrons. The minimum atomic E-state index is -0.268. The molecule has 0 aliphatic heterocycles. The lowest BCUT2D eigenvalue weighted by Gasteiger charge is -2.13. The van der Waals surface area contributed by atoms with E-state index in [1.807, 2.05) is 0 Å². The molecule has 0 aliphatic rings. The summed E-state index contributed by atoms with van der Waals surface area (Å²) in [5, 5.41) is 4.03. The molecular formula is C16H21N3O2. The van der Waals surface area contributed by atoms with Crippen molar-refractivity contribution in [3.8, 4) is 0 Å². The monoisotopic (exact) mass is 287 g/mol. The van der Waals surface area contributed by atoms with Gasteiger partial charge in [-0.15, -0.1) is 0 Å². The zero-order valence-corrected chi connectivity index (χ0v) is 13.1. The molecule has 1 amide bonds. The highest BCUT2D eigenvalue weighted by Gasteiger charge is 2.11. The quantitative estimate of drug-likeness (QED) is 0.692. The Hall–Kier alpha value is -2.30. The van der Waals surface area contributed by atoms with Crippen LogP contribution < -0.4 is 5.43 Å². The lowest BCUT2D eigenvalue weighted by molar-refractivity contribution is 0.0953. The Morgan fingerprint density at radius 3 is 2.62 bits per heavy atom. The molecule has 0 aliphatic carbocycles. The van der Waals surface area contributed by atoms with E-state index < -0.39 is 0 Å². The molecule has 0 spiro atoms. The Kier molecular flexibility index (Phi) is 4.31. The molecule has 5 nitrogen and oxygen atoms in total. The maximum Gasteiger partial charge on any atom is 0.274 e. The highest BCUT2D eigenvalue weighted by molar-refractivity contribution is 5.95. The molecule has 0 radical (unpaired) electrons. The summed E-state index contributed by atoms with van der Waals surface area (Å²) < 4.78 is 7.34. The van der Waals surface area contributed by atoms with Crippen LogP contribution in [0.4, 0.5) is 0 Å². The van der Waals surface area contributed by atoms with Gasteiger partial charge in [0.15, 0.2) is 0 Å². The van der Waals surface area contributed by atoms with E-state index in [4.69, 9.17) is 4.42 Å². The normalized spacial score (nSPS) is 11.5. The number of aryl methyl sites for hydroxylation is 2. The Morgan fingerprint density at radius 1 is 1.38 bits per heavy atom. The number of rotatable bonds is 4. The molecule has 1 N–H and O–H groups in total. The van der Waals surface area contributed by atoms with Gasteiger partial charge in [0.25, 0.3) is 5.91 Å². The van der Waals surface area contributed by atoms with Gasteiger partial charge in [-0.3, -0.25) is 4.79 Å². The maximum absolute atomic E-state index is 11.9. The van der Waals surface area contributed by atoms with Crippen molar-refractivity contribution >= 4 is 12.1 Å². The van der Waals surface area contributed by atoms with E-state index in [-0.39, 0.29) is 5.91 Å². The van der Waals surface area contributed by atoms with Crippen LogP contribution in [0, 0.1) is 20.8 Å². The summed E-state index contributed by atoms with van der Waals surface area (Å²) in [4.78, 5) is 11.9. The number of carbonyl (C=O) groups excluding carboxylic acids is 1. The summed E-state index contributed by atoms with van der Waals surface area (Å²) in [6.45, 7) is 10.2. The summed E-state index contributed by atoms with van der Waals surface area (Å²) in [5.74, 6) is 0.316. The van der Waals surface area contributed by atoms with Gasteiger partial charge in [-0.1, -0.05) is 0 Å². The zero-order chi connectivity index (χ0) is 15.6. The van der Waals surface area contributed by atoms with E-state index in [1.54, 1.807) is 19.2 Å². The standard InChI is InChI=1S/C16H21N3O2/c1-10(2)19-11(3)8-14(12(19)4)9-17-18-16(20)15-6-7-21-13(15)5/h6-10H,1-5H3,(H,18,20)/b17-9-. The first-order valence-corrected chi connectivity index (χ1v) is 6.97. The first kappa shape index (κ1) is 15.1. The first-order valence-electron chi connectivity index (χ1n) is 6.97. The number of hydrogen-bond acceptors (Lipinski definition) is 3. The fourth-order valence-corrected chi connectivity index (χ4v) is 2.57. The summed E-state index contributed by atoms with van der Waals surface area (Å²) in [5.41, 5.74) is 6.35. The molecule has 0 atom stereocenters. The molecule has 0 saturated heterocycles. The summed E-state index contributed by atoms with van der Waals surface area (Å²) in [6, 6.07) is 4.09. The number of nitrogens with one attached hydrogen (secondary N) is 1. The van der Waals surface area contributed by atoms with Crippen LogP contribution in [0.2, 0.25) is 0 Å². The van der Waals surface area contributed by atoms with Gasteiger partial charge in [-0.25, -0.2) is 5.43 Å². The van der Waals surface area contributed by atoms with Crippen molar-refractivity contribution in [2.45, 2.75) is 40.7 Å². The molecule has 2 aromatic heterocycles. The average molecular weight is 287 g/mol. The fourth-order valence-electron chi connectivity index (χ4n) is 2.57. The van der Waals surface area contributed by atoms with Gasteiger partial charge in [-0.2, -0.15) is 5.10 Å². The van der Waals surface area contributed by atoms with Gasteiger partial charge < -0.3 is 8.98 Å². The second-order valence-corrected chi connectivity index (χ2v) is 5.38. The predicted molar refractivity (Wildman–Crippen MR) is 82.8 cm³/mol. The third kappa shape index (κ3) is 3.07. The van der Waals surface area contributed by atoms with Crippen molar-refractivity contribution in [1.82, 2.24) is 9.99 Å². The van der Waals surface area contributed by atoms with Crippen LogP contribution in [0.1, 0.15) is 53.0 Å². The van der Waals surface area contributed by atoms with Gasteiger partial charge in [0, 0.05) is 23.0 Å². The van der Waals surface area contributed by atoms with Gasteiger partial charge in [0.1, 0.15) is 5.76 Å². The molecule has 0 bridgehead atoms. The summed E-state index contributed by atoms with van der Waals surface area (Å²) in [7, 11) is 0. The lowest BCUT2D eigenvalue weighted by Crippen LogP contribution is -2.17. The number of hydrazone groups is 1. The van der Waals surface area contributed by atoms with E-state index in [0.717, 1.165) is 11.3 Å². The maximum atomic E-state index is 11.9. The van der Waals surface area contributed by atoms with Gasteiger partial charge in [-0.05, 0) is 46.8 Å². The van der Waals surface area contributed by atoms with Crippen molar-refractivity contribution < 1.29 is 9.21 Å². The lowest BCUT2D eigenvalue weighted by atomic mass is 10.2. The number of nitrogens with zero attached hydrogens (tertiary/aromatic N) is 2. The van der Waals surface area contributed by atoms with Crippen molar-refractivity contribution in [2.24, 2.45) is 5.10 Å². The molecule has 2 aromatic rings. The molecule has 0 fully saturated rings. The fraction of sp³-hybridized carbons (Fsp3) is 0.375. The number of amides is 1. The largest absolute Gasteiger partial charge is 0.469 e. The van der Waals surface area contributed by atoms with Gasteiger partial charge in [0.2, 0.25) is 0 Å². The van der Waals surface area contributed by atoms with E-state index in [9.17, 15) is 4.79 Å². The minimum Gasteiger partial charge on any atom is -0.469 e. The molecule has 21 heavy (non-hydrogen) atoms. The number of aromatic nitrogens is 1. The molecular weight excluding hydrogens is 266 g/mol. The second-order valence-electron chi connectivity index (χ2n) is 5.38. The van der Waals surface area contributed by atoms with Crippen LogP contribution in [0.25, 0.3) is 0 Å². The average Bonchev–Trinajstić information content (AvgIpc) is 2.94. The summed E-state index contributed by atoms with van der Waals surface area (Å²) >= 11 is 0. The summed E-state index contributed by atoms with van der Waals surface area (Å²) in [6.07, 6.45) is 3.17. The highest BCUT2D eigenvalue weighted by atomic mass is 16.3. The van der Waals surface area contributed by atoms with Crippen LogP contribution in [-0.4, -0.2) is 16.7 Å². The van der Waals surface area contributed by atoms with Crippen molar-refractivity contribution in [3.05, 3.63) is 46.7 Å². The molecule has 5 heteroatoms. The Morgan fingerprint density at radius 2 is 2.10 bits per heavy atom. The predicted octanol–water partition coefficient (Wildman–Crippen LogP) is 3.35. The van der Waals surface area contributed by atoms with Crippen molar-refractivity contribution in [2.75, 3.05) is 0 Å². The topological polar surface area (TPSA) is 59.5 Å². The Balaban J connectivity index is 2.11. The third-order valence-corrected chi connectivity index (χ3v) is 3.51. The number of carbonyl (C=O) groups is 1. The van der Waals surface area contributed by atoms with Gasteiger partial charge in [0.05, 0.1) is 18.0 Å². The Bertz CT molecular complexity index is 678. The first-order chi connectivity index (χ1) is 9.91. The smallest absolute Gasteiger partial charge is 0.274 e. The van der Waals surface area contributed by atoms with E-state index in [2.05, 4.69) is 48.9 Å². The highest BCUT2D eigenvalue weighted by Crippen LogP contribution is 2.18. The van der Waals surface area contributed by atoms with Crippen LogP contribution in [0.15, 0.2) is 27.9 Å². The molecule has 0 saturated carbocycles.